The summed E-state index contributed by atoms with van der Waals surface area (Å²) in [5.41, 5.74) is 0.331. The van der Waals surface area contributed by atoms with Crippen LogP contribution in [0.2, 0.25) is 0 Å². The van der Waals surface area contributed by atoms with Gasteiger partial charge in [-0.15, -0.1) is 0 Å². The van der Waals surface area contributed by atoms with E-state index >= 15 is 0 Å². The average molecular weight is 271 g/mol. The van der Waals surface area contributed by atoms with Gasteiger partial charge in [0.2, 0.25) is 0 Å². The molecular weight excluding hydrogens is 238 g/mol. The van der Waals surface area contributed by atoms with E-state index < -0.39 is 0 Å². The van der Waals surface area contributed by atoms with E-state index in [1.165, 1.54) is 0 Å². The van der Waals surface area contributed by atoms with Crippen LogP contribution in [0.1, 0.15) is 53.9 Å². The van der Waals surface area contributed by atoms with Crippen molar-refractivity contribution in [1.29, 1.82) is 0 Å². The summed E-state index contributed by atoms with van der Waals surface area (Å²) in [7, 11) is 0. The largest absolute Gasteiger partial charge is 0.395 e. The van der Waals surface area contributed by atoms with Crippen molar-refractivity contribution in [2.45, 2.75) is 66.0 Å². The van der Waals surface area contributed by atoms with Crippen molar-refractivity contribution in [3.05, 3.63) is 0 Å². The minimum absolute atomic E-state index is 0.168. The van der Waals surface area contributed by atoms with Gasteiger partial charge in [-0.25, -0.2) is 0 Å². The van der Waals surface area contributed by atoms with Crippen molar-refractivity contribution in [3.63, 3.8) is 0 Å². The molecule has 0 aromatic rings. The lowest BCUT2D eigenvalue weighted by molar-refractivity contribution is -0.00343. The average Bonchev–Trinajstić information content (AvgIpc) is 2.29. The van der Waals surface area contributed by atoms with Gasteiger partial charge in [0, 0.05) is 19.1 Å². The first-order valence-corrected chi connectivity index (χ1v) is 7.78. The fourth-order valence-electron chi connectivity index (χ4n) is 3.22. The molecule has 0 aromatic heterocycles. The van der Waals surface area contributed by atoms with E-state index in [0.29, 0.717) is 29.8 Å². The number of rotatable bonds is 5. The molecule has 3 atom stereocenters. The van der Waals surface area contributed by atoms with E-state index in [-0.39, 0.29) is 12.7 Å². The molecule has 19 heavy (non-hydrogen) atoms. The number of nitrogens with zero attached hydrogens (tertiary/aromatic N) is 1. The van der Waals surface area contributed by atoms with Crippen LogP contribution in [-0.4, -0.2) is 47.0 Å². The second kappa shape index (κ2) is 7.05. The second-order valence-corrected chi connectivity index (χ2v) is 7.52. The van der Waals surface area contributed by atoms with Crippen molar-refractivity contribution in [3.8, 4) is 0 Å². The van der Waals surface area contributed by atoms with Gasteiger partial charge in [0.1, 0.15) is 0 Å². The lowest BCUT2D eigenvalue weighted by Gasteiger charge is -2.42. The topological polar surface area (TPSA) is 43.7 Å². The lowest BCUT2D eigenvalue weighted by atomic mass is 9.68. The molecular formula is C16H33NO2. The summed E-state index contributed by atoms with van der Waals surface area (Å²) in [6.45, 7) is 13.1. The summed E-state index contributed by atoms with van der Waals surface area (Å²) in [5, 5.41) is 19.4. The highest BCUT2D eigenvalue weighted by molar-refractivity contribution is 4.87. The monoisotopic (exact) mass is 271 g/mol. The van der Waals surface area contributed by atoms with Crippen LogP contribution in [0.3, 0.4) is 0 Å². The molecule has 1 aliphatic carbocycles. The van der Waals surface area contributed by atoms with E-state index in [4.69, 9.17) is 5.11 Å². The molecule has 1 rings (SSSR count). The maximum absolute atomic E-state index is 10.3. The molecule has 1 aliphatic rings. The quantitative estimate of drug-likeness (QED) is 0.807. The molecule has 0 amide bonds. The van der Waals surface area contributed by atoms with E-state index in [1.807, 2.05) is 0 Å². The number of aliphatic hydroxyl groups is 2. The van der Waals surface area contributed by atoms with Gasteiger partial charge in [-0.3, -0.25) is 4.90 Å². The highest BCUT2D eigenvalue weighted by Crippen LogP contribution is 2.40. The number of aliphatic hydroxyl groups excluding tert-OH is 2. The molecule has 0 aliphatic heterocycles. The Morgan fingerprint density at radius 3 is 2.32 bits per heavy atom. The third-order valence-corrected chi connectivity index (χ3v) is 4.75. The van der Waals surface area contributed by atoms with Crippen LogP contribution in [0.15, 0.2) is 0 Å². The Morgan fingerprint density at radius 1 is 1.21 bits per heavy atom. The van der Waals surface area contributed by atoms with Gasteiger partial charge in [-0.05, 0) is 50.4 Å². The van der Waals surface area contributed by atoms with Crippen molar-refractivity contribution in [2.24, 2.45) is 17.3 Å². The van der Waals surface area contributed by atoms with Gasteiger partial charge in [0.15, 0.2) is 0 Å². The van der Waals surface area contributed by atoms with E-state index in [9.17, 15) is 5.11 Å². The zero-order valence-corrected chi connectivity index (χ0v) is 13.4. The molecule has 0 bridgehead atoms. The zero-order valence-electron chi connectivity index (χ0n) is 13.4. The maximum Gasteiger partial charge on any atom is 0.0580 e. The summed E-state index contributed by atoms with van der Waals surface area (Å²) in [5.74, 6) is 1.05. The van der Waals surface area contributed by atoms with Crippen LogP contribution in [-0.2, 0) is 0 Å². The molecule has 0 saturated heterocycles. The van der Waals surface area contributed by atoms with Crippen molar-refractivity contribution in [2.75, 3.05) is 19.7 Å². The van der Waals surface area contributed by atoms with Crippen molar-refractivity contribution < 1.29 is 10.2 Å². The lowest BCUT2D eigenvalue weighted by Crippen LogP contribution is -2.44. The highest BCUT2D eigenvalue weighted by atomic mass is 16.3. The fraction of sp³-hybridized carbons (Fsp3) is 1.00. The van der Waals surface area contributed by atoms with Crippen LogP contribution >= 0.6 is 0 Å². The summed E-state index contributed by atoms with van der Waals surface area (Å²) in [6.07, 6.45) is 3.01. The molecule has 1 fully saturated rings. The summed E-state index contributed by atoms with van der Waals surface area (Å²) in [6, 6.07) is 0.425. The number of hydrogen-bond donors (Lipinski definition) is 2. The molecule has 3 nitrogen and oxygen atoms in total. The first kappa shape index (κ1) is 16.9. The van der Waals surface area contributed by atoms with Crippen LogP contribution in [0, 0.1) is 17.3 Å². The van der Waals surface area contributed by atoms with Gasteiger partial charge in [-0.1, -0.05) is 20.8 Å². The van der Waals surface area contributed by atoms with Crippen LogP contribution in [0.5, 0.6) is 0 Å². The molecule has 0 heterocycles. The Kier molecular flexibility index (Phi) is 6.28. The minimum Gasteiger partial charge on any atom is -0.395 e. The Labute approximate surface area is 119 Å². The van der Waals surface area contributed by atoms with Crippen molar-refractivity contribution in [1.82, 2.24) is 4.90 Å². The normalized spacial score (nSPS) is 29.2. The maximum atomic E-state index is 10.3. The summed E-state index contributed by atoms with van der Waals surface area (Å²) >= 11 is 0. The van der Waals surface area contributed by atoms with Gasteiger partial charge in [-0.2, -0.15) is 0 Å². The molecule has 3 unspecified atom stereocenters. The molecule has 0 spiro atoms. The van der Waals surface area contributed by atoms with E-state index in [2.05, 4.69) is 39.5 Å². The summed E-state index contributed by atoms with van der Waals surface area (Å²) < 4.78 is 0. The van der Waals surface area contributed by atoms with Gasteiger partial charge < -0.3 is 10.2 Å². The molecule has 2 N–H and O–H groups in total. The van der Waals surface area contributed by atoms with Crippen molar-refractivity contribution >= 4 is 0 Å². The first-order chi connectivity index (χ1) is 8.75. The predicted molar refractivity (Wildman–Crippen MR) is 80.1 cm³/mol. The van der Waals surface area contributed by atoms with E-state index in [0.717, 1.165) is 25.8 Å². The standard InChI is InChI=1S/C16H33NO2/c1-12(2)17(8-9-18)11-13-10-14(16(3,4)5)6-7-15(13)19/h12-15,18-19H,6-11H2,1-5H3. The predicted octanol–water partition coefficient (Wildman–Crippen LogP) is 2.51. The summed E-state index contributed by atoms with van der Waals surface area (Å²) in [4.78, 5) is 2.29. The third kappa shape index (κ3) is 5.05. The minimum atomic E-state index is -0.168. The molecule has 114 valence electrons. The molecule has 0 radical (unpaired) electrons. The zero-order chi connectivity index (χ0) is 14.6. The van der Waals surface area contributed by atoms with E-state index in [1.54, 1.807) is 0 Å². The third-order valence-electron chi connectivity index (χ3n) is 4.75. The number of hydrogen-bond acceptors (Lipinski definition) is 3. The molecule has 0 aromatic carbocycles. The van der Waals surface area contributed by atoms with Crippen LogP contribution in [0.25, 0.3) is 0 Å². The first-order valence-electron chi connectivity index (χ1n) is 7.78. The Hall–Kier alpha value is -0.120. The Morgan fingerprint density at radius 2 is 1.84 bits per heavy atom. The molecule has 3 heteroatoms. The fourth-order valence-corrected chi connectivity index (χ4v) is 3.22. The second-order valence-electron chi connectivity index (χ2n) is 7.52. The van der Waals surface area contributed by atoms with Crippen LogP contribution < -0.4 is 0 Å². The molecule has 1 saturated carbocycles. The van der Waals surface area contributed by atoms with Gasteiger partial charge in [0.25, 0.3) is 0 Å². The smallest absolute Gasteiger partial charge is 0.0580 e. The van der Waals surface area contributed by atoms with Gasteiger partial charge in [0.05, 0.1) is 12.7 Å². The SMILES string of the molecule is CC(C)N(CCO)CC1CC(C(C)(C)C)CCC1O. The highest BCUT2D eigenvalue weighted by Gasteiger charge is 2.35. The Bertz CT molecular complexity index is 260. The van der Waals surface area contributed by atoms with Gasteiger partial charge >= 0.3 is 0 Å². The Balaban J connectivity index is 2.63. The van der Waals surface area contributed by atoms with Crippen LogP contribution in [0.4, 0.5) is 0 Å².